The average Bonchev–Trinajstić information content (AvgIpc) is 3.05. The Bertz CT molecular complexity index is 710. The molecule has 2 heterocycles. The van der Waals surface area contributed by atoms with Gasteiger partial charge in [0.2, 0.25) is 17.6 Å². The van der Waals surface area contributed by atoms with Crippen molar-refractivity contribution in [1.29, 1.82) is 0 Å². The maximum atomic E-state index is 13.3. The van der Waals surface area contributed by atoms with Crippen molar-refractivity contribution in [2.75, 3.05) is 13.1 Å². The molecular formula is C17H21FN4O2. The fourth-order valence-corrected chi connectivity index (χ4v) is 2.75. The normalized spacial score (nSPS) is 17.7. The lowest BCUT2D eigenvalue weighted by atomic mass is 10.1. The SMILES string of the molecule is Cc1cc(-c2noc(CCC(=O)N[C@H]3CCCNC3)n2)ccc1F. The summed E-state index contributed by atoms with van der Waals surface area (Å²) in [4.78, 5) is 16.3. The molecule has 0 unspecified atom stereocenters. The largest absolute Gasteiger partial charge is 0.352 e. The molecule has 2 N–H and O–H groups in total. The highest BCUT2D eigenvalue weighted by atomic mass is 19.1. The second-order valence-corrected chi connectivity index (χ2v) is 6.09. The van der Waals surface area contributed by atoms with Crippen LogP contribution in [0.15, 0.2) is 22.7 Å². The molecule has 7 heteroatoms. The molecule has 3 rings (SSSR count). The standard InChI is InChI=1S/C17H21FN4O2/c1-11-9-12(4-5-14(11)18)17-21-16(24-22-17)7-6-15(23)20-13-3-2-8-19-10-13/h4-5,9,13,19H,2-3,6-8,10H2,1H3,(H,20,23)/t13-/m0/s1. The summed E-state index contributed by atoms with van der Waals surface area (Å²) in [7, 11) is 0. The van der Waals surface area contributed by atoms with E-state index in [0.29, 0.717) is 35.7 Å². The van der Waals surface area contributed by atoms with Crippen LogP contribution >= 0.6 is 0 Å². The molecule has 1 aliphatic heterocycles. The molecular weight excluding hydrogens is 311 g/mol. The van der Waals surface area contributed by atoms with Crippen LogP contribution in [0.25, 0.3) is 11.4 Å². The third kappa shape index (κ3) is 4.17. The minimum Gasteiger partial charge on any atom is -0.352 e. The molecule has 24 heavy (non-hydrogen) atoms. The van der Waals surface area contributed by atoms with Gasteiger partial charge in [-0.3, -0.25) is 4.79 Å². The molecule has 0 spiro atoms. The highest BCUT2D eigenvalue weighted by Gasteiger charge is 2.16. The van der Waals surface area contributed by atoms with Crippen LogP contribution < -0.4 is 10.6 Å². The van der Waals surface area contributed by atoms with Crippen molar-refractivity contribution < 1.29 is 13.7 Å². The summed E-state index contributed by atoms with van der Waals surface area (Å²) < 4.78 is 18.5. The van der Waals surface area contributed by atoms with Crippen molar-refractivity contribution in [1.82, 2.24) is 20.8 Å². The first kappa shape index (κ1) is 16.6. The fourth-order valence-electron chi connectivity index (χ4n) is 2.75. The second kappa shape index (κ2) is 7.53. The maximum absolute atomic E-state index is 13.3. The summed E-state index contributed by atoms with van der Waals surface area (Å²) in [6.07, 6.45) is 2.78. The monoisotopic (exact) mass is 332 g/mol. The van der Waals surface area contributed by atoms with Gasteiger partial charge in [-0.15, -0.1) is 0 Å². The molecule has 1 aliphatic rings. The second-order valence-electron chi connectivity index (χ2n) is 6.09. The Hall–Kier alpha value is -2.28. The zero-order chi connectivity index (χ0) is 16.9. The Morgan fingerprint density at radius 3 is 3.12 bits per heavy atom. The lowest BCUT2D eigenvalue weighted by Gasteiger charge is -2.23. The van der Waals surface area contributed by atoms with E-state index in [1.165, 1.54) is 6.07 Å². The van der Waals surface area contributed by atoms with E-state index in [2.05, 4.69) is 20.8 Å². The number of nitrogens with one attached hydrogen (secondary N) is 2. The molecule has 0 bridgehead atoms. The Morgan fingerprint density at radius 1 is 1.50 bits per heavy atom. The molecule has 1 saturated heterocycles. The summed E-state index contributed by atoms with van der Waals surface area (Å²) in [6.45, 7) is 3.52. The van der Waals surface area contributed by atoms with Crippen molar-refractivity contribution in [3.05, 3.63) is 35.5 Å². The Balaban J connectivity index is 1.53. The predicted octanol–water partition coefficient (Wildman–Crippen LogP) is 1.98. The molecule has 0 radical (unpaired) electrons. The highest BCUT2D eigenvalue weighted by molar-refractivity contribution is 5.76. The third-order valence-corrected chi connectivity index (χ3v) is 4.11. The quantitative estimate of drug-likeness (QED) is 0.875. The number of carbonyl (C=O) groups excluding carboxylic acids is 1. The molecule has 1 atom stereocenters. The smallest absolute Gasteiger partial charge is 0.227 e. The van der Waals surface area contributed by atoms with Gasteiger partial charge in [-0.1, -0.05) is 5.16 Å². The van der Waals surface area contributed by atoms with Gasteiger partial charge in [-0.2, -0.15) is 4.98 Å². The van der Waals surface area contributed by atoms with Gasteiger partial charge in [0.25, 0.3) is 0 Å². The average molecular weight is 332 g/mol. The van der Waals surface area contributed by atoms with Gasteiger partial charge < -0.3 is 15.2 Å². The maximum Gasteiger partial charge on any atom is 0.227 e. The van der Waals surface area contributed by atoms with E-state index in [4.69, 9.17) is 4.52 Å². The fraction of sp³-hybridized carbons (Fsp3) is 0.471. The lowest BCUT2D eigenvalue weighted by Crippen LogP contribution is -2.45. The number of aryl methyl sites for hydroxylation is 2. The van der Waals surface area contributed by atoms with Crippen LogP contribution in [-0.4, -0.2) is 35.2 Å². The number of halogens is 1. The van der Waals surface area contributed by atoms with Crippen LogP contribution in [0.5, 0.6) is 0 Å². The first-order valence-corrected chi connectivity index (χ1v) is 8.21. The number of carbonyl (C=O) groups is 1. The Kier molecular flexibility index (Phi) is 5.20. The first-order valence-electron chi connectivity index (χ1n) is 8.21. The van der Waals surface area contributed by atoms with Crippen molar-refractivity contribution in [3.8, 4) is 11.4 Å². The number of aromatic nitrogens is 2. The van der Waals surface area contributed by atoms with E-state index in [1.807, 2.05) is 0 Å². The summed E-state index contributed by atoms with van der Waals surface area (Å²) in [5.41, 5.74) is 1.22. The van der Waals surface area contributed by atoms with Crippen molar-refractivity contribution in [2.24, 2.45) is 0 Å². The Morgan fingerprint density at radius 2 is 2.38 bits per heavy atom. The summed E-state index contributed by atoms with van der Waals surface area (Å²) in [6, 6.07) is 4.87. The van der Waals surface area contributed by atoms with Crippen LogP contribution in [0.2, 0.25) is 0 Å². The van der Waals surface area contributed by atoms with Gasteiger partial charge in [0.1, 0.15) is 5.82 Å². The molecule has 1 fully saturated rings. The molecule has 2 aromatic rings. The number of piperidine rings is 1. The summed E-state index contributed by atoms with van der Waals surface area (Å²) in [5, 5.41) is 10.2. The summed E-state index contributed by atoms with van der Waals surface area (Å²) in [5.74, 6) is 0.534. The molecule has 6 nitrogen and oxygen atoms in total. The van der Waals surface area contributed by atoms with Gasteiger partial charge in [-0.25, -0.2) is 4.39 Å². The number of amides is 1. The summed E-state index contributed by atoms with van der Waals surface area (Å²) >= 11 is 0. The van der Waals surface area contributed by atoms with E-state index in [9.17, 15) is 9.18 Å². The van der Waals surface area contributed by atoms with Crippen molar-refractivity contribution >= 4 is 5.91 Å². The van der Waals surface area contributed by atoms with Gasteiger partial charge in [0.05, 0.1) is 0 Å². The molecule has 128 valence electrons. The molecule has 1 amide bonds. The van der Waals surface area contributed by atoms with E-state index in [-0.39, 0.29) is 17.8 Å². The van der Waals surface area contributed by atoms with Gasteiger partial charge in [0, 0.05) is 31.0 Å². The van der Waals surface area contributed by atoms with Crippen molar-refractivity contribution in [2.45, 2.75) is 38.6 Å². The molecule has 1 aromatic heterocycles. The minimum absolute atomic E-state index is 0.0129. The van der Waals surface area contributed by atoms with E-state index < -0.39 is 0 Å². The van der Waals surface area contributed by atoms with Crippen molar-refractivity contribution in [3.63, 3.8) is 0 Å². The number of nitrogens with zero attached hydrogens (tertiary/aromatic N) is 2. The van der Waals surface area contributed by atoms with Gasteiger partial charge >= 0.3 is 0 Å². The van der Waals surface area contributed by atoms with E-state index >= 15 is 0 Å². The lowest BCUT2D eigenvalue weighted by molar-refractivity contribution is -0.121. The predicted molar refractivity (Wildman–Crippen MR) is 86.8 cm³/mol. The van der Waals surface area contributed by atoms with Crippen LogP contribution in [0, 0.1) is 12.7 Å². The first-order chi connectivity index (χ1) is 11.6. The number of hydrogen-bond donors (Lipinski definition) is 2. The molecule has 0 saturated carbocycles. The molecule has 0 aliphatic carbocycles. The number of rotatable bonds is 5. The number of benzene rings is 1. The molecule has 1 aromatic carbocycles. The third-order valence-electron chi connectivity index (χ3n) is 4.11. The topological polar surface area (TPSA) is 80.0 Å². The van der Waals surface area contributed by atoms with Crippen LogP contribution in [0.1, 0.15) is 30.7 Å². The number of hydrogen-bond acceptors (Lipinski definition) is 5. The van der Waals surface area contributed by atoms with Crippen LogP contribution in [-0.2, 0) is 11.2 Å². The van der Waals surface area contributed by atoms with E-state index in [1.54, 1.807) is 19.1 Å². The minimum atomic E-state index is -0.267. The van der Waals surface area contributed by atoms with Crippen LogP contribution in [0.4, 0.5) is 4.39 Å². The zero-order valence-corrected chi connectivity index (χ0v) is 13.6. The van der Waals surface area contributed by atoms with E-state index in [0.717, 1.165) is 25.9 Å². The highest BCUT2D eigenvalue weighted by Crippen LogP contribution is 2.19. The van der Waals surface area contributed by atoms with Gasteiger partial charge in [0.15, 0.2) is 0 Å². The van der Waals surface area contributed by atoms with Crippen LogP contribution in [0.3, 0.4) is 0 Å². The van der Waals surface area contributed by atoms with Gasteiger partial charge in [-0.05, 0) is 50.1 Å². The zero-order valence-electron chi connectivity index (χ0n) is 13.6. The Labute approximate surface area is 139 Å².